The summed E-state index contributed by atoms with van der Waals surface area (Å²) in [6, 6.07) is 9.97. The molecule has 0 aliphatic heterocycles. The molecule has 0 saturated carbocycles. The van der Waals surface area contributed by atoms with Crippen molar-refractivity contribution in [2.75, 3.05) is 11.1 Å². The second-order valence-corrected chi connectivity index (χ2v) is 16.0. The number of halogens is 9. The molecule has 1 amide bonds. The van der Waals surface area contributed by atoms with E-state index < -0.39 is 35.1 Å². The van der Waals surface area contributed by atoms with E-state index in [1.807, 2.05) is 0 Å². The fourth-order valence-electron chi connectivity index (χ4n) is 2.13. The van der Waals surface area contributed by atoms with Crippen LogP contribution < -0.4 is 11.1 Å². The number of benzene rings is 2. The van der Waals surface area contributed by atoms with Crippen LogP contribution in [0.25, 0.3) is 0 Å². The van der Waals surface area contributed by atoms with E-state index in [0.717, 1.165) is 18.2 Å². The predicted octanol–water partition coefficient (Wildman–Crippen LogP) is 7.09. The van der Waals surface area contributed by atoms with Crippen molar-refractivity contribution >= 4 is 53.8 Å². The van der Waals surface area contributed by atoms with Crippen LogP contribution in [0, 0.1) is 0 Å². The van der Waals surface area contributed by atoms with Crippen molar-refractivity contribution < 1.29 is 35.5 Å². The molecule has 3 nitrogen and oxygen atoms in total. The first-order chi connectivity index (χ1) is 13.1. The Balaban J connectivity index is 2.49. The third-order valence-corrected chi connectivity index (χ3v) is 9.94. The highest BCUT2D eigenvalue weighted by atomic mass is 79.9. The molecule has 0 unspecified atom stereocenters. The summed E-state index contributed by atoms with van der Waals surface area (Å²) in [5.74, 6) is -7.18. The number of nitrogens with one attached hydrogen (secondary N) is 1. The zero-order valence-corrected chi connectivity index (χ0v) is 17.9. The van der Waals surface area contributed by atoms with Gasteiger partial charge in [0.05, 0.1) is 5.69 Å². The summed E-state index contributed by atoms with van der Waals surface area (Å²) in [7, 11) is 0. The minimum Gasteiger partial charge on any atom is -0.399 e. The molecule has 0 aromatic heterocycles. The summed E-state index contributed by atoms with van der Waals surface area (Å²) in [5.41, 5.74) is 5.42. The molecule has 2 rings (SSSR count). The Morgan fingerprint density at radius 1 is 0.931 bits per heavy atom. The summed E-state index contributed by atoms with van der Waals surface area (Å²) in [4.78, 5) is 11.7. The van der Waals surface area contributed by atoms with Crippen LogP contribution in [0.4, 0.5) is 42.1 Å². The number of carbonyl (C=O) groups excluding carboxylic acids is 1. The van der Waals surface area contributed by atoms with Crippen molar-refractivity contribution in [2.24, 2.45) is 0 Å². The van der Waals surface area contributed by atoms with Crippen LogP contribution in [0.2, 0.25) is 0 Å². The molecule has 0 spiro atoms. The van der Waals surface area contributed by atoms with Gasteiger partial charge in [-0.2, -0.15) is 30.7 Å². The van der Waals surface area contributed by atoms with Crippen molar-refractivity contribution in [3.05, 3.63) is 54.1 Å². The smallest absolute Gasteiger partial charge is 0.399 e. The van der Waals surface area contributed by atoms with Gasteiger partial charge in [0.25, 0.3) is 5.91 Å². The van der Waals surface area contributed by atoms with E-state index >= 15 is 0 Å². The Kier molecular flexibility index (Phi) is 6.56. The molecular weight excluding hydrogens is 561 g/mol. The number of hydrogen-bond donors (Lipinski definition) is 2. The highest BCUT2D eigenvalue weighted by Crippen LogP contribution is 2.82. The molecule has 2 aromatic carbocycles. The standard InChI is InChI=1S/C16H11Br2F7N2OS/c17-29(18,16(24,25)14(19,20)15(21,22)23)12-7-2-1-6-11(12)27-13(28)9-4-3-5-10(26)8-9/h1-8H,26H2,(H,27,28). The molecule has 0 bridgehead atoms. The Hall–Kier alpha value is -1.47. The molecule has 2 aromatic rings. The first kappa shape index (κ1) is 23.8. The number of nitrogens with two attached hydrogens (primary N) is 1. The minimum absolute atomic E-state index is 0.0249. The van der Waals surface area contributed by atoms with Gasteiger partial charge < -0.3 is 11.1 Å². The third-order valence-electron chi connectivity index (χ3n) is 3.60. The summed E-state index contributed by atoms with van der Waals surface area (Å²) < 4.78 is 93.8. The Labute approximate surface area is 176 Å². The van der Waals surface area contributed by atoms with E-state index in [1.54, 1.807) is 0 Å². The van der Waals surface area contributed by atoms with Gasteiger partial charge in [0, 0.05) is 16.1 Å². The van der Waals surface area contributed by atoms with Crippen LogP contribution >= 0.6 is 36.5 Å². The van der Waals surface area contributed by atoms with E-state index in [0.29, 0.717) is 0 Å². The zero-order valence-electron chi connectivity index (χ0n) is 13.9. The van der Waals surface area contributed by atoms with Crippen LogP contribution in [0.3, 0.4) is 0 Å². The van der Waals surface area contributed by atoms with Crippen molar-refractivity contribution in [2.45, 2.75) is 22.2 Å². The van der Waals surface area contributed by atoms with Gasteiger partial charge in [-0.3, -0.25) is 4.79 Å². The van der Waals surface area contributed by atoms with Gasteiger partial charge in [-0.1, -0.05) is 18.2 Å². The quantitative estimate of drug-likeness (QED) is 0.297. The number of amides is 1. The first-order valence-electron chi connectivity index (χ1n) is 7.43. The van der Waals surface area contributed by atoms with Gasteiger partial charge in [-0.15, -0.1) is 0 Å². The summed E-state index contributed by atoms with van der Waals surface area (Å²) in [6.45, 7) is -4.46. The number of carbonyl (C=O) groups is 1. The van der Waals surface area contributed by atoms with Crippen LogP contribution in [0.15, 0.2) is 53.4 Å². The van der Waals surface area contributed by atoms with Gasteiger partial charge in [0.2, 0.25) is 0 Å². The number of hydrogen-bond acceptors (Lipinski definition) is 2. The third kappa shape index (κ3) is 4.36. The molecule has 0 heterocycles. The molecule has 13 heteroatoms. The van der Waals surface area contributed by atoms with Gasteiger partial charge >= 0.3 is 17.4 Å². The highest BCUT2D eigenvalue weighted by molar-refractivity contribution is 9.91. The largest absolute Gasteiger partial charge is 0.460 e. The number of alkyl halides is 7. The topological polar surface area (TPSA) is 55.1 Å². The molecule has 160 valence electrons. The lowest BCUT2D eigenvalue weighted by atomic mass is 10.2. The average Bonchev–Trinajstić information content (AvgIpc) is 2.60. The maximum absolute atomic E-state index is 14.4. The van der Waals surface area contributed by atoms with Crippen LogP contribution in [0.1, 0.15) is 10.4 Å². The highest BCUT2D eigenvalue weighted by Gasteiger charge is 2.78. The normalized spacial score (nSPS) is 13.8. The van der Waals surface area contributed by atoms with Crippen LogP contribution in [-0.4, -0.2) is 23.3 Å². The van der Waals surface area contributed by atoms with E-state index in [2.05, 4.69) is 34.9 Å². The van der Waals surface area contributed by atoms with Crippen molar-refractivity contribution in [3.63, 3.8) is 0 Å². The van der Waals surface area contributed by atoms with Gasteiger partial charge in [-0.05, 0) is 66.9 Å². The molecule has 0 atom stereocenters. The molecule has 0 aliphatic carbocycles. The molecule has 3 N–H and O–H groups in total. The lowest BCUT2D eigenvalue weighted by molar-refractivity contribution is -0.330. The first-order valence-corrected chi connectivity index (χ1v) is 12.7. The molecule has 0 radical (unpaired) electrons. The number of para-hydroxylation sites is 1. The second kappa shape index (κ2) is 7.99. The Bertz CT molecular complexity index is 922. The van der Waals surface area contributed by atoms with Gasteiger partial charge in [0.15, 0.2) is 0 Å². The number of nitrogen functional groups attached to an aromatic ring is 1. The lowest BCUT2D eigenvalue weighted by Crippen LogP contribution is -2.52. The van der Waals surface area contributed by atoms with Crippen LogP contribution in [0.5, 0.6) is 0 Å². The summed E-state index contributed by atoms with van der Waals surface area (Å²) in [6.07, 6.45) is -6.50. The monoisotopic (exact) mass is 570 g/mol. The zero-order chi connectivity index (χ0) is 22.3. The average molecular weight is 572 g/mol. The van der Waals surface area contributed by atoms with E-state index in [1.165, 1.54) is 30.3 Å². The second-order valence-electron chi connectivity index (χ2n) is 5.63. The Morgan fingerprint density at radius 3 is 2.07 bits per heavy atom. The van der Waals surface area contributed by atoms with E-state index in [4.69, 9.17) is 5.73 Å². The number of anilines is 2. The lowest BCUT2D eigenvalue weighted by Gasteiger charge is -2.40. The summed E-state index contributed by atoms with van der Waals surface area (Å²) in [5, 5.41) is -3.37. The Morgan fingerprint density at radius 2 is 1.52 bits per heavy atom. The summed E-state index contributed by atoms with van der Waals surface area (Å²) >= 11 is 4.69. The molecule has 29 heavy (non-hydrogen) atoms. The fourth-order valence-corrected chi connectivity index (χ4v) is 6.40. The van der Waals surface area contributed by atoms with Crippen molar-refractivity contribution in [3.8, 4) is 0 Å². The SMILES string of the molecule is Nc1cccc(C(=O)Nc2ccccc2S(Br)(Br)C(F)(F)C(F)(F)C(F)(F)F)c1. The van der Waals surface area contributed by atoms with Crippen molar-refractivity contribution in [1.82, 2.24) is 0 Å². The predicted molar refractivity (Wildman–Crippen MR) is 105 cm³/mol. The molecule has 0 fully saturated rings. The maximum atomic E-state index is 14.4. The fraction of sp³-hybridized carbons (Fsp3) is 0.188. The molecular formula is C16H11Br2F7N2OS. The molecule has 0 saturated heterocycles. The van der Waals surface area contributed by atoms with Crippen LogP contribution in [-0.2, 0) is 0 Å². The van der Waals surface area contributed by atoms with E-state index in [-0.39, 0.29) is 16.9 Å². The van der Waals surface area contributed by atoms with Gasteiger partial charge in [-0.25, -0.2) is 0 Å². The number of rotatable bonds is 5. The minimum atomic E-state index is -6.50. The van der Waals surface area contributed by atoms with Gasteiger partial charge in [0.1, 0.15) is 0 Å². The van der Waals surface area contributed by atoms with E-state index in [9.17, 15) is 35.5 Å². The maximum Gasteiger partial charge on any atom is 0.460 e. The molecule has 0 aliphatic rings. The van der Waals surface area contributed by atoms with Crippen molar-refractivity contribution in [1.29, 1.82) is 0 Å².